The van der Waals surface area contributed by atoms with E-state index < -0.39 is 12.1 Å². The summed E-state index contributed by atoms with van der Waals surface area (Å²) < 4.78 is 16.8. The molecule has 0 heterocycles. The number of hydrogen-bond acceptors (Lipinski definition) is 3. The summed E-state index contributed by atoms with van der Waals surface area (Å²) in [4.78, 5) is 10.8. The molecule has 0 bridgehead atoms. The Morgan fingerprint density at radius 3 is 2.60 bits per heavy atom. The van der Waals surface area contributed by atoms with Crippen molar-refractivity contribution in [2.75, 3.05) is 7.11 Å². The van der Waals surface area contributed by atoms with E-state index in [0.29, 0.717) is 5.56 Å². The fourth-order valence-electron chi connectivity index (χ4n) is 0.975. The van der Waals surface area contributed by atoms with E-state index in [1.54, 1.807) is 0 Å². The number of aliphatic hydroxyl groups excluding tert-OH is 1. The molecule has 80 valence electrons. The molecule has 0 aliphatic rings. The number of carbonyl (C=O) groups excluding carboxylic acids is 1. The van der Waals surface area contributed by atoms with E-state index in [9.17, 15) is 14.3 Å². The monoisotopic (exact) mass is 210 g/mol. The third-order valence-electron chi connectivity index (χ3n) is 1.78. The van der Waals surface area contributed by atoms with Crippen LogP contribution in [-0.2, 0) is 9.53 Å². The van der Waals surface area contributed by atoms with Crippen molar-refractivity contribution >= 4 is 12.0 Å². The van der Waals surface area contributed by atoms with Gasteiger partial charge in [-0.15, -0.1) is 0 Å². The average molecular weight is 210 g/mol. The molecule has 0 aliphatic heterocycles. The molecule has 0 amide bonds. The zero-order valence-corrected chi connectivity index (χ0v) is 8.18. The predicted octanol–water partition coefficient (Wildman–Crippen LogP) is 1.37. The van der Waals surface area contributed by atoms with Gasteiger partial charge in [0.1, 0.15) is 5.82 Å². The number of aliphatic hydroxyl groups is 1. The highest BCUT2D eigenvalue weighted by Crippen LogP contribution is 2.05. The maximum atomic E-state index is 12.5. The summed E-state index contributed by atoms with van der Waals surface area (Å²) in [5.74, 6) is -1.06. The lowest BCUT2D eigenvalue weighted by Crippen LogP contribution is -2.18. The highest BCUT2D eigenvalue weighted by Gasteiger charge is 2.10. The molecule has 0 radical (unpaired) electrons. The van der Waals surface area contributed by atoms with Crippen LogP contribution in [-0.4, -0.2) is 24.3 Å². The van der Waals surface area contributed by atoms with Crippen molar-refractivity contribution in [2.24, 2.45) is 0 Å². The van der Waals surface area contributed by atoms with Gasteiger partial charge < -0.3 is 9.84 Å². The number of ether oxygens (including phenoxy) is 1. The lowest BCUT2D eigenvalue weighted by atomic mass is 10.2. The van der Waals surface area contributed by atoms with Crippen molar-refractivity contribution in [2.45, 2.75) is 6.10 Å². The summed E-state index contributed by atoms with van der Waals surface area (Å²) >= 11 is 0. The molecule has 3 nitrogen and oxygen atoms in total. The van der Waals surface area contributed by atoms with Crippen LogP contribution in [0, 0.1) is 5.82 Å². The van der Waals surface area contributed by atoms with Gasteiger partial charge in [0.05, 0.1) is 7.11 Å². The van der Waals surface area contributed by atoms with Gasteiger partial charge in [-0.1, -0.05) is 18.2 Å². The molecule has 0 aromatic heterocycles. The molecule has 0 fully saturated rings. The first-order valence-electron chi connectivity index (χ1n) is 4.33. The van der Waals surface area contributed by atoms with Gasteiger partial charge in [0.25, 0.3) is 0 Å². The molecule has 1 unspecified atom stereocenters. The first-order valence-corrected chi connectivity index (χ1v) is 4.33. The van der Waals surface area contributed by atoms with E-state index in [2.05, 4.69) is 4.74 Å². The van der Waals surface area contributed by atoms with Crippen LogP contribution in [0.3, 0.4) is 0 Å². The second-order valence-electron chi connectivity index (χ2n) is 2.88. The van der Waals surface area contributed by atoms with Gasteiger partial charge in [0, 0.05) is 0 Å². The van der Waals surface area contributed by atoms with Crippen LogP contribution < -0.4 is 0 Å². The summed E-state index contributed by atoms with van der Waals surface area (Å²) in [5.41, 5.74) is 0.694. The van der Waals surface area contributed by atoms with Gasteiger partial charge in [-0.05, 0) is 23.8 Å². The standard InChI is InChI=1S/C11H11FO3/c1-15-11(14)10(13)7-4-8-2-5-9(12)6-3-8/h2-7,10,13H,1H3/b7-4+. The lowest BCUT2D eigenvalue weighted by Gasteiger charge is -2.01. The van der Waals surface area contributed by atoms with Crippen molar-refractivity contribution in [3.05, 3.63) is 41.7 Å². The summed E-state index contributed by atoms with van der Waals surface area (Å²) in [6, 6.07) is 5.67. The minimum absolute atomic E-state index is 0.333. The Labute approximate surface area is 86.8 Å². The molecular formula is C11H11FO3. The minimum atomic E-state index is -1.29. The van der Waals surface area contributed by atoms with Crippen molar-refractivity contribution in [3.63, 3.8) is 0 Å². The van der Waals surface area contributed by atoms with E-state index in [1.807, 2.05) is 0 Å². The van der Waals surface area contributed by atoms with Crippen molar-refractivity contribution in [1.82, 2.24) is 0 Å². The van der Waals surface area contributed by atoms with Crippen molar-refractivity contribution < 1.29 is 19.0 Å². The van der Waals surface area contributed by atoms with Crippen LogP contribution in [0.1, 0.15) is 5.56 Å². The van der Waals surface area contributed by atoms with Crippen LogP contribution in [0.25, 0.3) is 6.08 Å². The van der Waals surface area contributed by atoms with Crippen LogP contribution in [0.5, 0.6) is 0 Å². The zero-order valence-electron chi connectivity index (χ0n) is 8.18. The molecule has 1 aromatic rings. The van der Waals surface area contributed by atoms with E-state index >= 15 is 0 Å². The highest BCUT2D eigenvalue weighted by molar-refractivity contribution is 5.77. The number of carbonyl (C=O) groups is 1. The van der Waals surface area contributed by atoms with E-state index in [0.717, 1.165) is 0 Å². The second kappa shape index (κ2) is 5.26. The molecule has 0 saturated heterocycles. The van der Waals surface area contributed by atoms with Crippen LogP contribution in [0.15, 0.2) is 30.3 Å². The summed E-state index contributed by atoms with van der Waals surface area (Å²) in [5, 5.41) is 9.20. The Balaban J connectivity index is 2.65. The second-order valence-corrected chi connectivity index (χ2v) is 2.88. The van der Waals surface area contributed by atoms with Crippen LogP contribution in [0.4, 0.5) is 4.39 Å². The number of rotatable bonds is 3. The zero-order chi connectivity index (χ0) is 11.3. The Kier molecular flexibility index (Phi) is 4.00. The number of methoxy groups -OCH3 is 1. The van der Waals surface area contributed by atoms with Crippen molar-refractivity contribution in [1.29, 1.82) is 0 Å². The molecule has 4 heteroatoms. The lowest BCUT2D eigenvalue weighted by molar-refractivity contribution is -0.147. The molecule has 1 atom stereocenters. The maximum absolute atomic E-state index is 12.5. The maximum Gasteiger partial charge on any atom is 0.338 e. The molecule has 0 aliphatic carbocycles. The highest BCUT2D eigenvalue weighted by atomic mass is 19.1. The average Bonchev–Trinajstić information content (AvgIpc) is 2.26. The van der Waals surface area contributed by atoms with Gasteiger partial charge in [-0.2, -0.15) is 0 Å². The number of esters is 1. The third kappa shape index (κ3) is 3.52. The van der Waals surface area contributed by atoms with E-state index in [-0.39, 0.29) is 5.82 Å². The van der Waals surface area contributed by atoms with Crippen molar-refractivity contribution in [3.8, 4) is 0 Å². The first kappa shape index (κ1) is 11.4. The molecule has 1 aromatic carbocycles. The topological polar surface area (TPSA) is 46.5 Å². The SMILES string of the molecule is COC(=O)C(O)/C=C/c1ccc(F)cc1. The summed E-state index contributed by atoms with van der Waals surface area (Å²) in [6.07, 6.45) is 1.50. The molecule has 15 heavy (non-hydrogen) atoms. The van der Waals surface area contributed by atoms with Gasteiger partial charge in [-0.25, -0.2) is 9.18 Å². The first-order chi connectivity index (χ1) is 7.13. The van der Waals surface area contributed by atoms with Crippen LogP contribution >= 0.6 is 0 Å². The van der Waals surface area contributed by atoms with Crippen LogP contribution in [0.2, 0.25) is 0 Å². The Morgan fingerprint density at radius 2 is 2.07 bits per heavy atom. The van der Waals surface area contributed by atoms with Gasteiger partial charge >= 0.3 is 5.97 Å². The summed E-state index contributed by atoms with van der Waals surface area (Å²) in [7, 11) is 1.19. The van der Waals surface area contributed by atoms with E-state index in [1.165, 1.54) is 43.5 Å². The minimum Gasteiger partial charge on any atom is -0.467 e. The number of hydrogen-bond donors (Lipinski definition) is 1. The molecule has 1 N–H and O–H groups in total. The fraction of sp³-hybridized carbons (Fsp3) is 0.182. The molecular weight excluding hydrogens is 199 g/mol. The summed E-state index contributed by atoms with van der Waals surface area (Å²) in [6.45, 7) is 0. The molecule has 0 spiro atoms. The third-order valence-corrected chi connectivity index (χ3v) is 1.78. The quantitative estimate of drug-likeness (QED) is 0.766. The van der Waals surface area contributed by atoms with Gasteiger partial charge in [0.15, 0.2) is 6.10 Å². The molecule has 1 rings (SSSR count). The number of halogens is 1. The molecule has 0 saturated carbocycles. The Bertz CT molecular complexity index is 357. The Morgan fingerprint density at radius 1 is 1.47 bits per heavy atom. The predicted molar refractivity (Wildman–Crippen MR) is 53.5 cm³/mol. The largest absolute Gasteiger partial charge is 0.467 e. The van der Waals surface area contributed by atoms with Gasteiger partial charge in [0.2, 0.25) is 0 Å². The fourth-order valence-corrected chi connectivity index (χ4v) is 0.975. The normalized spacial score (nSPS) is 12.7. The van der Waals surface area contributed by atoms with E-state index in [4.69, 9.17) is 0 Å². The van der Waals surface area contributed by atoms with Gasteiger partial charge in [-0.3, -0.25) is 0 Å². The number of benzene rings is 1. The smallest absolute Gasteiger partial charge is 0.338 e. The Hall–Kier alpha value is -1.68.